The van der Waals surface area contributed by atoms with Crippen LogP contribution >= 0.6 is 0 Å². The highest BCUT2D eigenvalue weighted by Gasteiger charge is 2.32. The van der Waals surface area contributed by atoms with Crippen molar-refractivity contribution in [1.29, 1.82) is 0 Å². The Bertz CT molecular complexity index is 735. The van der Waals surface area contributed by atoms with Crippen LogP contribution in [0.5, 0.6) is 0 Å². The van der Waals surface area contributed by atoms with Gasteiger partial charge in [-0.1, -0.05) is 0 Å². The highest BCUT2D eigenvalue weighted by Crippen LogP contribution is 2.27. The molecule has 1 aromatic heterocycles. The van der Waals surface area contributed by atoms with Crippen molar-refractivity contribution in [1.82, 2.24) is 15.3 Å². The van der Waals surface area contributed by atoms with E-state index in [1.165, 1.54) is 0 Å². The van der Waals surface area contributed by atoms with Crippen LogP contribution in [0.1, 0.15) is 16.1 Å². The fourth-order valence-corrected chi connectivity index (χ4v) is 1.69. The Labute approximate surface area is 132 Å². The molecule has 0 aliphatic rings. The number of nitrogens with zero attached hydrogens (tertiary/aromatic N) is 2. The van der Waals surface area contributed by atoms with Gasteiger partial charge in [0.15, 0.2) is 11.6 Å². The number of aromatic nitrogens is 2. The summed E-state index contributed by atoms with van der Waals surface area (Å²) < 4.78 is 63.2. The molecule has 0 aliphatic carbocycles. The molecule has 0 saturated heterocycles. The lowest BCUT2D eigenvalue weighted by Crippen LogP contribution is -2.29. The molecule has 1 heterocycles. The van der Waals surface area contributed by atoms with Gasteiger partial charge < -0.3 is 10.6 Å². The molecule has 128 valence electrons. The molecule has 0 fully saturated rings. The number of carbonyl (C=O) groups excluding carboxylic acids is 1. The molecule has 0 atom stereocenters. The van der Waals surface area contributed by atoms with Crippen LogP contribution in [0.3, 0.4) is 0 Å². The highest BCUT2D eigenvalue weighted by molar-refractivity contribution is 5.94. The number of hydrogen-bond acceptors (Lipinski definition) is 4. The van der Waals surface area contributed by atoms with Crippen LogP contribution in [0.2, 0.25) is 0 Å². The Morgan fingerprint density at radius 1 is 1.08 bits per heavy atom. The maximum atomic E-state index is 13.0. The maximum absolute atomic E-state index is 13.0. The molecule has 24 heavy (non-hydrogen) atoms. The largest absolute Gasteiger partial charge is 0.433 e. The van der Waals surface area contributed by atoms with Gasteiger partial charge in [-0.15, -0.1) is 0 Å². The van der Waals surface area contributed by atoms with Gasteiger partial charge in [0.05, 0.1) is 0 Å². The molecule has 2 aromatic rings. The summed E-state index contributed by atoms with van der Waals surface area (Å²) in [5, 5.41) is 4.91. The van der Waals surface area contributed by atoms with Crippen LogP contribution in [-0.4, -0.2) is 29.0 Å². The van der Waals surface area contributed by atoms with Crippen molar-refractivity contribution in [2.45, 2.75) is 6.18 Å². The van der Waals surface area contributed by atoms with Crippen LogP contribution in [0.4, 0.5) is 27.9 Å². The fourth-order valence-electron chi connectivity index (χ4n) is 1.69. The monoisotopic (exact) mass is 346 g/mol. The molecule has 0 aliphatic heterocycles. The molecule has 0 spiro atoms. The summed E-state index contributed by atoms with van der Waals surface area (Å²) in [4.78, 5) is 18.6. The van der Waals surface area contributed by atoms with Crippen molar-refractivity contribution in [3.8, 4) is 0 Å². The zero-order valence-electron chi connectivity index (χ0n) is 12.0. The van der Waals surface area contributed by atoms with E-state index in [-0.39, 0.29) is 24.6 Å². The van der Waals surface area contributed by atoms with Gasteiger partial charge in [-0.2, -0.15) is 13.2 Å². The van der Waals surface area contributed by atoms with Crippen molar-refractivity contribution in [2.24, 2.45) is 0 Å². The van der Waals surface area contributed by atoms with Crippen molar-refractivity contribution in [3.05, 3.63) is 53.4 Å². The number of hydrogen-bond donors (Lipinski definition) is 2. The lowest BCUT2D eigenvalue weighted by Gasteiger charge is -2.09. The van der Waals surface area contributed by atoms with Gasteiger partial charge in [0.1, 0.15) is 5.69 Å². The first-order chi connectivity index (χ1) is 11.3. The predicted molar refractivity (Wildman–Crippen MR) is 74.2 cm³/mol. The molecule has 0 radical (unpaired) electrons. The third-order valence-corrected chi connectivity index (χ3v) is 2.82. The summed E-state index contributed by atoms with van der Waals surface area (Å²) in [7, 11) is 0. The molecule has 10 heteroatoms. The van der Waals surface area contributed by atoms with Crippen LogP contribution in [0.25, 0.3) is 0 Å². The number of alkyl halides is 3. The number of amides is 1. The molecule has 0 unspecified atom stereocenters. The molecule has 2 rings (SSSR count). The molecular weight excluding hydrogens is 335 g/mol. The van der Waals surface area contributed by atoms with E-state index in [1.807, 2.05) is 0 Å². The SMILES string of the molecule is O=C(NCCNc1nccc(C(F)(F)F)n1)c1ccc(F)c(F)c1. The Hall–Kier alpha value is -2.78. The molecule has 2 N–H and O–H groups in total. The molecule has 1 aromatic carbocycles. The Kier molecular flexibility index (Phi) is 5.27. The van der Waals surface area contributed by atoms with E-state index in [0.29, 0.717) is 0 Å². The molecule has 0 bridgehead atoms. The average Bonchev–Trinajstić information content (AvgIpc) is 2.53. The van der Waals surface area contributed by atoms with E-state index in [1.54, 1.807) is 0 Å². The summed E-state index contributed by atoms with van der Waals surface area (Å²) in [6.07, 6.45) is -3.63. The normalized spacial score (nSPS) is 11.2. The first kappa shape index (κ1) is 17.6. The number of anilines is 1. The van der Waals surface area contributed by atoms with Gasteiger partial charge in [0.2, 0.25) is 5.95 Å². The summed E-state index contributed by atoms with van der Waals surface area (Å²) in [5.74, 6) is -3.12. The number of carbonyl (C=O) groups is 1. The lowest BCUT2D eigenvalue weighted by molar-refractivity contribution is -0.141. The van der Waals surface area contributed by atoms with Crippen LogP contribution < -0.4 is 10.6 Å². The zero-order valence-corrected chi connectivity index (χ0v) is 12.0. The summed E-state index contributed by atoms with van der Waals surface area (Å²) in [6, 6.07) is 3.40. The van der Waals surface area contributed by atoms with E-state index >= 15 is 0 Å². The second-order valence-corrected chi connectivity index (χ2v) is 4.57. The second-order valence-electron chi connectivity index (χ2n) is 4.57. The third-order valence-electron chi connectivity index (χ3n) is 2.82. The first-order valence-corrected chi connectivity index (χ1v) is 6.65. The summed E-state index contributed by atoms with van der Waals surface area (Å²) in [6.45, 7) is 0.0498. The minimum absolute atomic E-state index is 0.0113. The van der Waals surface area contributed by atoms with Crippen molar-refractivity contribution in [3.63, 3.8) is 0 Å². The van der Waals surface area contributed by atoms with Gasteiger partial charge in [0.25, 0.3) is 5.91 Å². The Morgan fingerprint density at radius 2 is 1.83 bits per heavy atom. The van der Waals surface area contributed by atoms with E-state index in [0.717, 1.165) is 30.5 Å². The van der Waals surface area contributed by atoms with Crippen LogP contribution in [0, 0.1) is 11.6 Å². The van der Waals surface area contributed by atoms with Crippen LogP contribution in [0.15, 0.2) is 30.5 Å². The van der Waals surface area contributed by atoms with Crippen molar-refractivity contribution < 1.29 is 26.7 Å². The summed E-state index contributed by atoms with van der Waals surface area (Å²) in [5.41, 5.74) is -1.17. The first-order valence-electron chi connectivity index (χ1n) is 6.65. The Morgan fingerprint density at radius 3 is 2.50 bits per heavy atom. The fraction of sp³-hybridized carbons (Fsp3) is 0.214. The lowest BCUT2D eigenvalue weighted by atomic mass is 10.2. The van der Waals surface area contributed by atoms with E-state index < -0.39 is 29.4 Å². The Balaban J connectivity index is 1.84. The number of benzene rings is 1. The summed E-state index contributed by atoms with van der Waals surface area (Å²) >= 11 is 0. The molecular formula is C14H11F5N4O. The van der Waals surface area contributed by atoms with Gasteiger partial charge in [-0.05, 0) is 24.3 Å². The van der Waals surface area contributed by atoms with Gasteiger partial charge in [0, 0.05) is 24.8 Å². The van der Waals surface area contributed by atoms with Crippen molar-refractivity contribution >= 4 is 11.9 Å². The van der Waals surface area contributed by atoms with Gasteiger partial charge in [-0.25, -0.2) is 18.7 Å². The molecule has 0 saturated carbocycles. The number of nitrogens with one attached hydrogen (secondary N) is 2. The molecule has 1 amide bonds. The standard InChI is InChI=1S/C14H11F5N4O/c15-9-2-1-8(7-10(9)16)12(24)20-5-6-22-13-21-4-3-11(23-13)14(17,18)19/h1-4,7H,5-6H2,(H,20,24)(H,21,22,23). The topological polar surface area (TPSA) is 66.9 Å². The van der Waals surface area contributed by atoms with Gasteiger partial charge in [-0.3, -0.25) is 4.79 Å². The van der Waals surface area contributed by atoms with Crippen molar-refractivity contribution in [2.75, 3.05) is 18.4 Å². The minimum atomic E-state index is -4.58. The average molecular weight is 346 g/mol. The zero-order chi connectivity index (χ0) is 17.7. The quantitative estimate of drug-likeness (QED) is 0.645. The number of halogens is 5. The number of rotatable bonds is 5. The van der Waals surface area contributed by atoms with E-state index in [4.69, 9.17) is 0 Å². The maximum Gasteiger partial charge on any atom is 0.433 e. The second kappa shape index (κ2) is 7.20. The molecule has 5 nitrogen and oxygen atoms in total. The minimum Gasteiger partial charge on any atom is -0.352 e. The highest BCUT2D eigenvalue weighted by atomic mass is 19.4. The van der Waals surface area contributed by atoms with Crippen LogP contribution in [-0.2, 0) is 6.18 Å². The predicted octanol–water partition coefficient (Wildman–Crippen LogP) is 2.62. The van der Waals surface area contributed by atoms with E-state index in [2.05, 4.69) is 20.6 Å². The van der Waals surface area contributed by atoms with Gasteiger partial charge >= 0.3 is 6.18 Å². The third kappa shape index (κ3) is 4.61. The van der Waals surface area contributed by atoms with E-state index in [9.17, 15) is 26.7 Å². The smallest absolute Gasteiger partial charge is 0.352 e.